The van der Waals surface area contributed by atoms with Crippen molar-refractivity contribution in [2.75, 3.05) is 31.9 Å². The van der Waals surface area contributed by atoms with E-state index < -0.39 is 0 Å². The highest BCUT2D eigenvalue weighted by Gasteiger charge is 2.14. The Morgan fingerprint density at radius 3 is 2.55 bits per heavy atom. The molecule has 0 fully saturated rings. The molecule has 1 N–H and O–H groups in total. The Balaban J connectivity index is 2.72. The molecular weight excluding hydrogens is 271 g/mol. The zero-order chi connectivity index (χ0) is 15.0. The summed E-state index contributed by atoms with van der Waals surface area (Å²) in [5.41, 5.74) is 1.07. The molecule has 1 aromatic carbocycles. The zero-order valence-electron chi connectivity index (χ0n) is 13.1. The number of hydrogen-bond donors (Lipinski definition) is 1. The van der Waals surface area contributed by atoms with Crippen molar-refractivity contribution < 1.29 is 4.39 Å². The number of halogens is 1. The van der Waals surface area contributed by atoms with Gasteiger partial charge in [-0.15, -0.1) is 11.8 Å². The van der Waals surface area contributed by atoms with E-state index in [4.69, 9.17) is 0 Å². The standard InChI is InChI=1S/C16H27FN2S/c1-5-18-13(4)14-9-8-10-15(17)16(14)20-12-11-19(6-2)7-3/h8-10,13,18H,5-7,11-12H2,1-4H3. The van der Waals surface area contributed by atoms with Gasteiger partial charge in [-0.2, -0.15) is 0 Å². The molecule has 0 saturated heterocycles. The van der Waals surface area contributed by atoms with E-state index in [1.165, 1.54) is 0 Å². The van der Waals surface area contributed by atoms with Gasteiger partial charge in [-0.05, 0) is 38.2 Å². The van der Waals surface area contributed by atoms with Crippen LogP contribution in [0, 0.1) is 5.82 Å². The van der Waals surface area contributed by atoms with Crippen molar-refractivity contribution in [3.05, 3.63) is 29.6 Å². The second-order valence-electron chi connectivity index (χ2n) is 4.81. The van der Waals surface area contributed by atoms with Gasteiger partial charge in [0.05, 0.1) is 0 Å². The van der Waals surface area contributed by atoms with E-state index in [0.29, 0.717) is 0 Å². The lowest BCUT2D eigenvalue weighted by Crippen LogP contribution is -2.25. The highest BCUT2D eigenvalue weighted by atomic mass is 32.2. The Hall–Kier alpha value is -0.580. The molecule has 4 heteroatoms. The molecule has 114 valence electrons. The molecule has 0 spiro atoms. The Morgan fingerprint density at radius 2 is 1.95 bits per heavy atom. The summed E-state index contributed by atoms with van der Waals surface area (Å²) >= 11 is 1.63. The van der Waals surface area contributed by atoms with Crippen LogP contribution in [-0.4, -0.2) is 36.8 Å². The van der Waals surface area contributed by atoms with Gasteiger partial charge in [0.2, 0.25) is 0 Å². The molecule has 0 bridgehead atoms. The van der Waals surface area contributed by atoms with Gasteiger partial charge in [0.15, 0.2) is 0 Å². The van der Waals surface area contributed by atoms with Crippen LogP contribution in [0.15, 0.2) is 23.1 Å². The normalized spacial score (nSPS) is 12.9. The van der Waals surface area contributed by atoms with Crippen LogP contribution in [-0.2, 0) is 0 Å². The van der Waals surface area contributed by atoms with Gasteiger partial charge in [-0.3, -0.25) is 0 Å². The molecule has 0 radical (unpaired) electrons. The predicted molar refractivity (Wildman–Crippen MR) is 87.0 cm³/mol. The van der Waals surface area contributed by atoms with E-state index in [1.54, 1.807) is 23.9 Å². The first-order chi connectivity index (χ1) is 9.63. The van der Waals surface area contributed by atoms with Gasteiger partial charge in [-0.25, -0.2) is 4.39 Å². The molecule has 1 rings (SSSR count). The van der Waals surface area contributed by atoms with E-state index in [2.05, 4.69) is 37.9 Å². The van der Waals surface area contributed by atoms with E-state index in [-0.39, 0.29) is 11.9 Å². The fourth-order valence-corrected chi connectivity index (χ4v) is 3.42. The number of thioether (sulfide) groups is 1. The van der Waals surface area contributed by atoms with E-state index in [1.807, 2.05) is 6.07 Å². The third-order valence-corrected chi connectivity index (χ3v) is 4.63. The number of benzene rings is 1. The fourth-order valence-electron chi connectivity index (χ4n) is 2.25. The van der Waals surface area contributed by atoms with E-state index >= 15 is 0 Å². The Kier molecular flexibility index (Phi) is 8.19. The molecule has 0 amide bonds. The summed E-state index contributed by atoms with van der Waals surface area (Å²) in [6.45, 7) is 12.5. The molecule has 0 aliphatic rings. The van der Waals surface area contributed by atoms with Crippen LogP contribution < -0.4 is 5.32 Å². The predicted octanol–water partition coefficient (Wildman–Crippen LogP) is 3.93. The monoisotopic (exact) mass is 298 g/mol. The third-order valence-electron chi connectivity index (χ3n) is 3.52. The molecule has 2 nitrogen and oxygen atoms in total. The number of nitrogens with one attached hydrogen (secondary N) is 1. The van der Waals surface area contributed by atoms with Crippen molar-refractivity contribution in [3.8, 4) is 0 Å². The Labute approximate surface area is 127 Å². The summed E-state index contributed by atoms with van der Waals surface area (Å²) < 4.78 is 14.1. The van der Waals surface area contributed by atoms with Crippen LogP contribution in [0.25, 0.3) is 0 Å². The summed E-state index contributed by atoms with van der Waals surface area (Å²) in [4.78, 5) is 3.16. The van der Waals surface area contributed by atoms with Crippen molar-refractivity contribution in [3.63, 3.8) is 0 Å². The summed E-state index contributed by atoms with van der Waals surface area (Å²) in [5, 5.41) is 3.36. The smallest absolute Gasteiger partial charge is 0.137 e. The lowest BCUT2D eigenvalue weighted by atomic mass is 10.1. The quantitative estimate of drug-likeness (QED) is 0.695. The van der Waals surface area contributed by atoms with Gasteiger partial charge in [-0.1, -0.05) is 32.9 Å². The maximum Gasteiger partial charge on any atom is 0.137 e. The lowest BCUT2D eigenvalue weighted by molar-refractivity contribution is 0.324. The number of nitrogens with zero attached hydrogens (tertiary/aromatic N) is 1. The minimum Gasteiger partial charge on any atom is -0.310 e. The zero-order valence-corrected chi connectivity index (χ0v) is 13.9. The van der Waals surface area contributed by atoms with Crippen LogP contribution in [0.4, 0.5) is 4.39 Å². The summed E-state index contributed by atoms with van der Waals surface area (Å²) in [6.07, 6.45) is 0. The van der Waals surface area contributed by atoms with Crippen LogP contribution in [0.1, 0.15) is 39.3 Å². The van der Waals surface area contributed by atoms with Crippen LogP contribution in [0.3, 0.4) is 0 Å². The molecule has 0 aromatic heterocycles. The van der Waals surface area contributed by atoms with Crippen molar-refractivity contribution >= 4 is 11.8 Å². The van der Waals surface area contributed by atoms with Crippen molar-refractivity contribution in [1.82, 2.24) is 10.2 Å². The van der Waals surface area contributed by atoms with Crippen molar-refractivity contribution in [2.24, 2.45) is 0 Å². The highest BCUT2D eigenvalue weighted by molar-refractivity contribution is 7.99. The molecule has 0 aliphatic heterocycles. The topological polar surface area (TPSA) is 15.3 Å². The summed E-state index contributed by atoms with van der Waals surface area (Å²) in [7, 11) is 0. The molecule has 1 atom stereocenters. The molecular formula is C16H27FN2S. The van der Waals surface area contributed by atoms with E-state index in [0.717, 1.165) is 42.4 Å². The minimum absolute atomic E-state index is 0.100. The number of hydrogen-bond acceptors (Lipinski definition) is 3. The maximum atomic E-state index is 14.1. The first-order valence-corrected chi connectivity index (χ1v) is 8.49. The van der Waals surface area contributed by atoms with Crippen molar-refractivity contribution in [1.29, 1.82) is 0 Å². The Morgan fingerprint density at radius 1 is 1.25 bits per heavy atom. The fraction of sp³-hybridized carbons (Fsp3) is 0.625. The molecule has 0 heterocycles. The van der Waals surface area contributed by atoms with Crippen molar-refractivity contribution in [2.45, 2.75) is 38.6 Å². The average molecular weight is 298 g/mol. The second-order valence-corrected chi connectivity index (χ2v) is 5.92. The molecule has 0 saturated carbocycles. The largest absolute Gasteiger partial charge is 0.310 e. The lowest BCUT2D eigenvalue weighted by Gasteiger charge is -2.20. The van der Waals surface area contributed by atoms with Crippen LogP contribution >= 0.6 is 11.8 Å². The minimum atomic E-state index is -0.100. The van der Waals surface area contributed by atoms with Gasteiger partial charge in [0.25, 0.3) is 0 Å². The maximum absolute atomic E-state index is 14.1. The number of rotatable bonds is 9. The van der Waals surface area contributed by atoms with Gasteiger partial charge in [0.1, 0.15) is 5.82 Å². The molecule has 1 unspecified atom stereocenters. The average Bonchev–Trinajstić information content (AvgIpc) is 2.45. The molecule has 1 aromatic rings. The van der Waals surface area contributed by atoms with Gasteiger partial charge in [0, 0.05) is 23.2 Å². The van der Waals surface area contributed by atoms with Crippen LogP contribution in [0.5, 0.6) is 0 Å². The second kappa shape index (κ2) is 9.37. The van der Waals surface area contributed by atoms with E-state index in [9.17, 15) is 4.39 Å². The Bertz CT molecular complexity index is 394. The first kappa shape index (κ1) is 17.5. The van der Waals surface area contributed by atoms with Gasteiger partial charge < -0.3 is 10.2 Å². The van der Waals surface area contributed by atoms with Gasteiger partial charge >= 0.3 is 0 Å². The molecule has 20 heavy (non-hydrogen) atoms. The summed E-state index contributed by atoms with van der Waals surface area (Å²) in [6, 6.07) is 5.57. The molecule has 0 aliphatic carbocycles. The third kappa shape index (κ3) is 5.08. The summed E-state index contributed by atoms with van der Waals surface area (Å²) in [5.74, 6) is 0.825. The van der Waals surface area contributed by atoms with Crippen LogP contribution in [0.2, 0.25) is 0 Å². The first-order valence-electron chi connectivity index (χ1n) is 7.50. The highest BCUT2D eigenvalue weighted by Crippen LogP contribution is 2.30. The SMILES string of the molecule is CCNC(C)c1cccc(F)c1SCCN(CC)CC.